The van der Waals surface area contributed by atoms with Gasteiger partial charge in [0, 0.05) is 31.7 Å². The zero-order valence-corrected chi connectivity index (χ0v) is 62.0. The summed E-state index contributed by atoms with van der Waals surface area (Å²) < 4.78 is 58.9. The van der Waals surface area contributed by atoms with Gasteiger partial charge in [0.1, 0.15) is 11.3 Å². The predicted octanol–water partition coefficient (Wildman–Crippen LogP) is 20.9. The number of ether oxygens (including phenoxy) is 6. The van der Waals surface area contributed by atoms with Crippen molar-refractivity contribution in [3.63, 3.8) is 0 Å². The van der Waals surface area contributed by atoms with Crippen molar-refractivity contribution < 1.29 is 47.1 Å². The van der Waals surface area contributed by atoms with Gasteiger partial charge in [0.2, 0.25) is 5.91 Å². The maximum Gasteiger partial charge on any atom is 0.223 e. The molecule has 4 saturated heterocycles. The lowest BCUT2D eigenvalue weighted by Crippen LogP contribution is -2.44. The molecule has 0 aromatic rings. The number of hydrogen-bond acceptors (Lipinski definition) is 8. The van der Waals surface area contributed by atoms with Crippen LogP contribution in [-0.2, 0) is 33.2 Å². The van der Waals surface area contributed by atoms with Gasteiger partial charge in [-0.2, -0.15) is 0 Å². The fourth-order valence-electron chi connectivity index (χ4n) is 10.7. The highest BCUT2D eigenvalue weighted by atomic mass is 19.1. The number of rotatable bonds is 1. The number of aliphatic hydroxyl groups is 1. The number of alkyl halides is 2. The van der Waals surface area contributed by atoms with E-state index in [1.807, 2.05) is 88.0 Å². The highest BCUT2D eigenvalue weighted by molar-refractivity contribution is 5.78. The van der Waals surface area contributed by atoms with Crippen LogP contribution in [0.5, 0.6) is 0 Å². The molecule has 11 heteroatoms. The van der Waals surface area contributed by atoms with Crippen molar-refractivity contribution in [2.24, 2.45) is 38.4 Å². The summed E-state index contributed by atoms with van der Waals surface area (Å²) in [4.78, 5) is 13.1. The Bertz CT molecular complexity index is 1590. The van der Waals surface area contributed by atoms with E-state index in [0.717, 1.165) is 136 Å². The Labute approximate surface area is 528 Å². The molecule has 9 rings (SSSR count). The maximum atomic E-state index is 14.1. The number of carbonyl (C=O) groups is 1. The van der Waals surface area contributed by atoms with Gasteiger partial charge in [-0.3, -0.25) is 4.79 Å². The molecule has 85 heavy (non-hydrogen) atoms. The molecule has 1 amide bonds. The van der Waals surface area contributed by atoms with Crippen molar-refractivity contribution >= 4 is 5.91 Å². The molecule has 1 N–H and O–H groups in total. The van der Waals surface area contributed by atoms with E-state index in [-0.39, 0.29) is 33.0 Å². The average molecular weight is 1220 g/mol. The second-order valence-corrected chi connectivity index (χ2v) is 33.0. The third kappa shape index (κ3) is 35.5. The van der Waals surface area contributed by atoms with Gasteiger partial charge >= 0.3 is 0 Å². The maximum absolute atomic E-state index is 14.1. The van der Waals surface area contributed by atoms with Crippen molar-refractivity contribution in [3.8, 4) is 0 Å². The smallest absolute Gasteiger partial charge is 0.223 e. The van der Waals surface area contributed by atoms with Gasteiger partial charge < -0.3 is 38.4 Å². The minimum atomic E-state index is -0.884. The topological polar surface area (TPSA) is 95.9 Å². The number of amides is 1. The lowest BCUT2D eigenvalue weighted by molar-refractivity contribution is -0.131. The third-order valence-corrected chi connectivity index (χ3v) is 18.9. The average Bonchev–Trinajstić information content (AvgIpc) is 3.99. The van der Waals surface area contributed by atoms with E-state index in [4.69, 9.17) is 28.4 Å². The fourth-order valence-corrected chi connectivity index (χ4v) is 10.7. The second kappa shape index (κ2) is 39.4. The molecule has 9 nitrogen and oxygen atoms in total. The third-order valence-electron chi connectivity index (χ3n) is 18.9. The molecule has 5 aliphatic carbocycles. The Balaban J connectivity index is 0. The highest BCUT2D eigenvalue weighted by Crippen LogP contribution is 2.57. The molecular formula is C74H149F2NO8. The first-order valence-corrected chi connectivity index (χ1v) is 34.9. The monoisotopic (exact) mass is 1220 g/mol. The van der Waals surface area contributed by atoms with E-state index < -0.39 is 11.3 Å². The van der Waals surface area contributed by atoms with Gasteiger partial charge in [-0.1, -0.05) is 177 Å². The first-order valence-electron chi connectivity index (χ1n) is 34.9. The molecule has 4 heterocycles. The molecular weight excluding hydrogens is 1070 g/mol. The zero-order chi connectivity index (χ0) is 66.4. The molecule has 0 spiro atoms. The van der Waals surface area contributed by atoms with E-state index in [2.05, 4.69) is 111 Å². The van der Waals surface area contributed by atoms with E-state index in [9.17, 15) is 18.7 Å². The van der Waals surface area contributed by atoms with Gasteiger partial charge in [0.15, 0.2) is 0 Å². The van der Waals surface area contributed by atoms with Crippen molar-refractivity contribution in [2.75, 3.05) is 59.4 Å². The van der Waals surface area contributed by atoms with Crippen LogP contribution < -0.4 is 0 Å². The molecule has 0 aromatic carbocycles. The second-order valence-electron chi connectivity index (χ2n) is 33.0. The van der Waals surface area contributed by atoms with Gasteiger partial charge in [0.25, 0.3) is 0 Å². The molecule has 5 saturated carbocycles. The van der Waals surface area contributed by atoms with Crippen LogP contribution in [0.3, 0.4) is 0 Å². The van der Waals surface area contributed by atoms with Crippen LogP contribution in [0, 0.1) is 38.4 Å². The van der Waals surface area contributed by atoms with Gasteiger partial charge in [-0.25, -0.2) is 8.78 Å². The molecule has 9 aliphatic rings. The molecule has 3 atom stereocenters. The van der Waals surface area contributed by atoms with Crippen LogP contribution in [-0.4, -0.2) is 122 Å². The number of hydrogen-bond donors (Lipinski definition) is 1. The summed E-state index contributed by atoms with van der Waals surface area (Å²) >= 11 is 0. The van der Waals surface area contributed by atoms with Crippen LogP contribution in [0.25, 0.3) is 0 Å². The lowest BCUT2D eigenvalue weighted by Gasteiger charge is -2.44. The summed E-state index contributed by atoms with van der Waals surface area (Å²) in [5.41, 5.74) is -0.537. The van der Waals surface area contributed by atoms with E-state index >= 15 is 0 Å². The lowest BCUT2D eigenvalue weighted by atomic mass is 9.66. The fraction of sp³-hybridized carbons (Fsp3) is 0.986. The minimum absolute atomic E-state index is 0.0353. The van der Waals surface area contributed by atoms with Crippen molar-refractivity contribution in [1.82, 2.24) is 4.90 Å². The van der Waals surface area contributed by atoms with E-state index in [1.165, 1.54) is 64.2 Å². The Morgan fingerprint density at radius 1 is 0.482 bits per heavy atom. The van der Waals surface area contributed by atoms with Gasteiger partial charge in [-0.15, -0.1) is 0 Å². The summed E-state index contributed by atoms with van der Waals surface area (Å²) in [7, 11) is 0. The SMILES string of the molecule is CC.CC.CC(C)(C)C1(C)CC1.CC(C)(C)C1(F)CCC1.CC(C)(C)C1(F)CCCCC1.CC(C)(C)C1(O)CCCCC1.CC(C)(C)N1CCCC1=O.CC(C)(C)OC1CCC1.CC(C)(C)[C@@H]1CCOC1.C[C@@H]1COCCO1.C[C@H]1COCCO1. The van der Waals surface area contributed by atoms with Crippen LogP contribution >= 0.6 is 0 Å². The van der Waals surface area contributed by atoms with Crippen LogP contribution in [0.2, 0.25) is 0 Å². The zero-order valence-electron chi connectivity index (χ0n) is 62.0. The Morgan fingerprint density at radius 2 is 0.882 bits per heavy atom. The first-order chi connectivity index (χ1) is 38.8. The van der Waals surface area contributed by atoms with E-state index in [1.54, 1.807) is 0 Å². The normalized spacial score (nSPS) is 24.9. The summed E-state index contributed by atoms with van der Waals surface area (Å²) in [5, 5.41) is 10.2. The van der Waals surface area contributed by atoms with Crippen molar-refractivity contribution in [2.45, 2.75) is 375 Å². The summed E-state index contributed by atoms with van der Waals surface area (Å²) in [6, 6.07) is 0. The van der Waals surface area contributed by atoms with Crippen LogP contribution in [0.4, 0.5) is 8.78 Å². The summed E-state index contributed by atoms with van der Waals surface area (Å²) in [6.45, 7) is 66.7. The van der Waals surface area contributed by atoms with Crippen LogP contribution in [0.15, 0.2) is 0 Å². The minimum Gasteiger partial charge on any atom is -0.389 e. The summed E-state index contributed by atoms with van der Waals surface area (Å²) in [6.07, 6.45) is 24.3. The Hall–Kier alpha value is -0.950. The molecule has 9 fully saturated rings. The van der Waals surface area contributed by atoms with Crippen molar-refractivity contribution in [3.05, 3.63) is 0 Å². The van der Waals surface area contributed by atoms with Crippen molar-refractivity contribution in [1.29, 1.82) is 0 Å². The quantitative estimate of drug-likeness (QED) is 0.277. The standard InChI is InChI=1S/C10H19F.C10H20O.C8H15F.C8H15NO.2C8H16O.C8H16.2C5H10O2.2C2H6/c2*1-9(2,3)10(11)7-5-4-6-8-10;1-7(2,3)8(9)5-4-6-8;1-8(2,3)9-6-4-5-7(9)10;1-8(2,3)7-4-5-9-6-7;1-8(2,3)9-7-5-4-6-7;1-7(2,3)8(4)5-6-8;2*1-5-4-6-2-3-7-5;2*1-2/h4-8H2,1-3H3;11H,4-8H2,1-3H3;4-6H2,1-3H3;4-6H2,1-3H3;2*7H,4-6H2,1-3H3;5-6H2,1-4H3;2*5H,2-4H2,1H3;2*1-2H3/t;;;;7-;;;2*5-;;/m....1..10../s1. The Morgan fingerprint density at radius 3 is 1.02 bits per heavy atom. The molecule has 4 aliphatic heterocycles. The molecule has 512 valence electrons. The van der Waals surface area contributed by atoms with Crippen LogP contribution in [0.1, 0.15) is 329 Å². The first kappa shape index (κ1) is 86.1. The number of likely N-dealkylation sites (tertiary alicyclic amines) is 1. The molecule has 0 unspecified atom stereocenters. The largest absolute Gasteiger partial charge is 0.389 e. The summed E-state index contributed by atoms with van der Waals surface area (Å²) in [5.74, 6) is 1.10. The highest BCUT2D eigenvalue weighted by Gasteiger charge is 2.48. The number of carbonyl (C=O) groups excluding carboxylic acids is 1. The molecule has 0 radical (unpaired) electrons. The molecule has 0 aromatic heterocycles. The Kier molecular flexibility index (Phi) is 40.0. The van der Waals surface area contributed by atoms with Gasteiger partial charge in [0.05, 0.1) is 69.2 Å². The van der Waals surface area contributed by atoms with E-state index in [0.29, 0.717) is 40.5 Å². The number of nitrogens with zero attached hydrogens (tertiary/aromatic N) is 1. The number of halogens is 2. The predicted molar refractivity (Wildman–Crippen MR) is 361 cm³/mol. The van der Waals surface area contributed by atoms with Gasteiger partial charge in [-0.05, 0) is 184 Å². The molecule has 0 bridgehead atoms.